The Morgan fingerprint density at radius 3 is 2.79 bits per heavy atom. The van der Waals surface area contributed by atoms with E-state index in [0.29, 0.717) is 41.1 Å². The second kappa shape index (κ2) is 8.02. The number of piperidine rings is 1. The number of hydrogen-bond donors (Lipinski definition) is 0. The second-order valence-electron chi connectivity index (χ2n) is 6.75. The van der Waals surface area contributed by atoms with Crippen LogP contribution in [0.2, 0.25) is 5.02 Å². The van der Waals surface area contributed by atoms with Gasteiger partial charge in [0.05, 0.1) is 18.6 Å². The molecule has 1 atom stereocenters. The summed E-state index contributed by atoms with van der Waals surface area (Å²) < 4.78 is 10.8. The van der Waals surface area contributed by atoms with Gasteiger partial charge >= 0.3 is 0 Å². The predicted molar refractivity (Wildman–Crippen MR) is 106 cm³/mol. The van der Waals surface area contributed by atoms with Crippen molar-refractivity contribution in [3.63, 3.8) is 0 Å². The Balaban J connectivity index is 1.51. The summed E-state index contributed by atoms with van der Waals surface area (Å²) in [6.45, 7) is 1.24. The van der Waals surface area contributed by atoms with Crippen molar-refractivity contribution >= 4 is 17.5 Å². The van der Waals surface area contributed by atoms with Crippen molar-refractivity contribution in [2.45, 2.75) is 18.8 Å². The molecule has 3 aromatic rings. The molecule has 2 heterocycles. The molecule has 0 saturated carbocycles. The van der Waals surface area contributed by atoms with Gasteiger partial charge in [-0.25, -0.2) is 0 Å². The van der Waals surface area contributed by atoms with Gasteiger partial charge in [-0.1, -0.05) is 28.9 Å². The van der Waals surface area contributed by atoms with E-state index in [4.69, 9.17) is 20.9 Å². The number of amides is 1. The summed E-state index contributed by atoms with van der Waals surface area (Å²) in [5.74, 6) is 1.64. The zero-order chi connectivity index (χ0) is 19.5. The predicted octanol–water partition coefficient (Wildman–Crippen LogP) is 4.42. The number of methoxy groups -OCH3 is 1. The van der Waals surface area contributed by atoms with Gasteiger partial charge in [0.25, 0.3) is 5.91 Å². The quantitative estimate of drug-likeness (QED) is 0.651. The van der Waals surface area contributed by atoms with Crippen molar-refractivity contribution in [2.75, 3.05) is 20.2 Å². The molecule has 2 aromatic carbocycles. The molecule has 0 radical (unpaired) electrons. The Bertz CT molecular complexity index is 971. The van der Waals surface area contributed by atoms with Gasteiger partial charge in [0, 0.05) is 23.7 Å². The number of para-hydroxylation sites is 1. The summed E-state index contributed by atoms with van der Waals surface area (Å²) in [6, 6.07) is 14.6. The third kappa shape index (κ3) is 3.73. The fourth-order valence-electron chi connectivity index (χ4n) is 3.47. The first-order valence-corrected chi connectivity index (χ1v) is 9.55. The van der Waals surface area contributed by atoms with E-state index in [1.165, 1.54) is 0 Å². The lowest BCUT2D eigenvalue weighted by Gasteiger charge is -2.31. The molecule has 6 nitrogen and oxygen atoms in total. The minimum absolute atomic E-state index is 0.0148. The van der Waals surface area contributed by atoms with Crippen molar-refractivity contribution < 1.29 is 14.1 Å². The molecule has 1 aliphatic rings. The van der Waals surface area contributed by atoms with Gasteiger partial charge in [-0.3, -0.25) is 4.79 Å². The molecule has 1 amide bonds. The van der Waals surface area contributed by atoms with E-state index < -0.39 is 0 Å². The van der Waals surface area contributed by atoms with Crippen molar-refractivity contribution in [3.8, 4) is 17.1 Å². The van der Waals surface area contributed by atoms with Crippen molar-refractivity contribution in [3.05, 3.63) is 65.0 Å². The maximum atomic E-state index is 13.0. The molecule has 1 fully saturated rings. The summed E-state index contributed by atoms with van der Waals surface area (Å²) >= 11 is 5.93. The highest BCUT2D eigenvalue weighted by atomic mass is 35.5. The van der Waals surface area contributed by atoms with E-state index in [0.717, 1.165) is 18.4 Å². The molecule has 4 rings (SSSR count). The molecule has 7 heteroatoms. The third-order valence-corrected chi connectivity index (χ3v) is 5.19. The lowest BCUT2D eigenvalue weighted by Crippen LogP contribution is -2.39. The lowest BCUT2D eigenvalue weighted by molar-refractivity contribution is 0.0692. The SMILES string of the molecule is COc1ccccc1C(=O)N1CCC[C@@H](c2nc(-c3ccc(Cl)cc3)no2)C1. The van der Waals surface area contributed by atoms with Crippen molar-refractivity contribution in [2.24, 2.45) is 0 Å². The Kier molecular flexibility index (Phi) is 5.30. The van der Waals surface area contributed by atoms with Crippen LogP contribution < -0.4 is 4.74 Å². The summed E-state index contributed by atoms with van der Waals surface area (Å²) in [5.41, 5.74) is 1.41. The lowest BCUT2D eigenvalue weighted by atomic mass is 9.97. The average molecular weight is 398 g/mol. The Hall–Kier alpha value is -2.86. The molecule has 144 valence electrons. The maximum Gasteiger partial charge on any atom is 0.257 e. The first kappa shape index (κ1) is 18.5. The minimum atomic E-state index is -0.0420. The number of likely N-dealkylation sites (tertiary alicyclic amines) is 1. The first-order chi connectivity index (χ1) is 13.7. The Morgan fingerprint density at radius 2 is 2.00 bits per heavy atom. The van der Waals surface area contributed by atoms with E-state index in [1.807, 2.05) is 29.2 Å². The molecule has 0 N–H and O–H groups in total. The smallest absolute Gasteiger partial charge is 0.257 e. The highest BCUT2D eigenvalue weighted by molar-refractivity contribution is 6.30. The molecular weight excluding hydrogens is 378 g/mol. The maximum absolute atomic E-state index is 13.0. The molecule has 28 heavy (non-hydrogen) atoms. The number of aromatic nitrogens is 2. The van der Waals surface area contributed by atoms with Crippen LogP contribution in [0.3, 0.4) is 0 Å². The van der Waals surface area contributed by atoms with Gasteiger partial charge < -0.3 is 14.2 Å². The third-order valence-electron chi connectivity index (χ3n) is 4.94. The van der Waals surface area contributed by atoms with E-state index in [9.17, 15) is 4.79 Å². The number of carbonyl (C=O) groups is 1. The average Bonchev–Trinajstić information content (AvgIpc) is 3.24. The minimum Gasteiger partial charge on any atom is -0.496 e. The summed E-state index contributed by atoms with van der Waals surface area (Å²) in [4.78, 5) is 19.4. The van der Waals surface area contributed by atoms with Gasteiger partial charge in [0.15, 0.2) is 0 Å². The number of nitrogens with zero attached hydrogens (tertiary/aromatic N) is 3. The topological polar surface area (TPSA) is 68.5 Å². The summed E-state index contributed by atoms with van der Waals surface area (Å²) in [6.07, 6.45) is 1.78. The van der Waals surface area contributed by atoms with Crippen LogP contribution in [0.15, 0.2) is 53.1 Å². The zero-order valence-electron chi connectivity index (χ0n) is 15.5. The van der Waals surface area contributed by atoms with Crippen LogP contribution >= 0.6 is 11.6 Å². The fraction of sp³-hybridized carbons (Fsp3) is 0.286. The Morgan fingerprint density at radius 1 is 1.21 bits per heavy atom. The van der Waals surface area contributed by atoms with Crippen LogP contribution in [0.5, 0.6) is 5.75 Å². The standard InChI is InChI=1S/C21H20ClN3O3/c1-27-18-7-3-2-6-17(18)21(26)25-12-4-5-15(13-25)20-23-19(24-28-20)14-8-10-16(22)11-9-14/h2-3,6-11,15H,4-5,12-13H2,1H3/t15-/m1/s1. The van der Waals surface area contributed by atoms with Crippen molar-refractivity contribution in [1.29, 1.82) is 0 Å². The summed E-state index contributed by atoms with van der Waals surface area (Å²) in [7, 11) is 1.57. The molecule has 0 bridgehead atoms. The monoisotopic (exact) mass is 397 g/mol. The summed E-state index contributed by atoms with van der Waals surface area (Å²) in [5, 5.41) is 4.75. The number of halogens is 1. The van der Waals surface area contributed by atoms with Crippen LogP contribution in [-0.2, 0) is 0 Å². The van der Waals surface area contributed by atoms with Crippen LogP contribution in [0.4, 0.5) is 0 Å². The normalized spacial score (nSPS) is 16.8. The number of carbonyl (C=O) groups excluding carboxylic acids is 1. The van der Waals surface area contributed by atoms with E-state index >= 15 is 0 Å². The first-order valence-electron chi connectivity index (χ1n) is 9.17. The molecule has 1 saturated heterocycles. The van der Waals surface area contributed by atoms with Gasteiger partial charge in [0.2, 0.25) is 11.7 Å². The fourth-order valence-corrected chi connectivity index (χ4v) is 3.60. The molecule has 0 unspecified atom stereocenters. The second-order valence-corrected chi connectivity index (χ2v) is 7.19. The van der Waals surface area contributed by atoms with Gasteiger partial charge in [-0.2, -0.15) is 4.98 Å². The van der Waals surface area contributed by atoms with Gasteiger partial charge in [-0.15, -0.1) is 0 Å². The Labute approximate surface area is 168 Å². The molecule has 1 aromatic heterocycles. The van der Waals surface area contributed by atoms with Crippen LogP contribution in [0, 0.1) is 0 Å². The van der Waals surface area contributed by atoms with E-state index in [1.54, 1.807) is 31.4 Å². The van der Waals surface area contributed by atoms with Crippen LogP contribution in [-0.4, -0.2) is 41.1 Å². The number of rotatable bonds is 4. The van der Waals surface area contributed by atoms with Crippen LogP contribution in [0.25, 0.3) is 11.4 Å². The van der Waals surface area contributed by atoms with Gasteiger partial charge in [0.1, 0.15) is 5.75 Å². The molecule has 1 aliphatic heterocycles. The van der Waals surface area contributed by atoms with Crippen molar-refractivity contribution in [1.82, 2.24) is 15.0 Å². The molecular formula is C21H20ClN3O3. The van der Waals surface area contributed by atoms with E-state index in [2.05, 4.69) is 10.1 Å². The van der Waals surface area contributed by atoms with Gasteiger partial charge in [-0.05, 0) is 49.2 Å². The number of benzene rings is 2. The van der Waals surface area contributed by atoms with E-state index in [-0.39, 0.29) is 11.8 Å². The molecule has 0 spiro atoms. The number of ether oxygens (including phenoxy) is 1. The highest BCUT2D eigenvalue weighted by Gasteiger charge is 2.30. The number of hydrogen-bond acceptors (Lipinski definition) is 5. The van der Waals surface area contributed by atoms with Crippen LogP contribution in [0.1, 0.15) is 35.0 Å². The zero-order valence-corrected chi connectivity index (χ0v) is 16.2. The largest absolute Gasteiger partial charge is 0.496 e. The highest BCUT2D eigenvalue weighted by Crippen LogP contribution is 2.30. The molecule has 0 aliphatic carbocycles.